The molecule has 2 aromatic rings. The van der Waals surface area contributed by atoms with E-state index in [1.165, 1.54) is 16.5 Å². The Morgan fingerprint density at radius 1 is 1.33 bits per heavy atom. The molecule has 1 N–H and O–H groups in total. The van der Waals surface area contributed by atoms with Gasteiger partial charge in [-0.25, -0.2) is 0 Å². The Kier molecular flexibility index (Phi) is 3.44. The van der Waals surface area contributed by atoms with Crippen LogP contribution in [0.5, 0.6) is 5.75 Å². The summed E-state index contributed by atoms with van der Waals surface area (Å²) in [6.07, 6.45) is 3.11. The normalized spacial score (nSPS) is 12.2. The van der Waals surface area contributed by atoms with Crippen LogP contribution in [0.1, 0.15) is 5.56 Å². The first-order valence-electron chi connectivity index (χ1n) is 6.25. The molecule has 94 valence electrons. The number of ether oxygens (including phenoxy) is 1. The van der Waals surface area contributed by atoms with E-state index in [9.17, 15) is 0 Å². The van der Waals surface area contributed by atoms with Gasteiger partial charge in [-0.1, -0.05) is 0 Å². The Labute approximate surface area is 110 Å². The summed E-state index contributed by atoms with van der Waals surface area (Å²) in [6, 6.07) is 6.16. The molecule has 0 atom stereocenters. The van der Waals surface area contributed by atoms with E-state index < -0.39 is 0 Å². The molecule has 0 aliphatic carbocycles. The minimum Gasteiger partial charge on any atom is -0.497 e. The summed E-state index contributed by atoms with van der Waals surface area (Å²) in [7, 11) is 10.5. The first kappa shape index (κ1) is 13.1. The molecule has 1 heterocycles. The number of benzene rings is 1. The molecule has 1 aromatic heterocycles. The lowest BCUT2D eigenvalue weighted by Crippen LogP contribution is -2.47. The van der Waals surface area contributed by atoms with Gasteiger partial charge in [-0.3, -0.25) is 0 Å². The molecular weight excluding hydrogens is 222 g/mol. The van der Waals surface area contributed by atoms with Crippen LogP contribution in [0.3, 0.4) is 0 Å². The van der Waals surface area contributed by atoms with Crippen LogP contribution in [0, 0.1) is 0 Å². The number of nitrogens with one attached hydrogen (secondary N) is 1. The molecule has 0 radical (unpaired) electrons. The molecule has 3 nitrogen and oxygen atoms in total. The highest BCUT2D eigenvalue weighted by molar-refractivity contribution is 6.40. The molecule has 0 aliphatic heterocycles. The van der Waals surface area contributed by atoms with Gasteiger partial charge in [0, 0.05) is 17.1 Å². The van der Waals surface area contributed by atoms with Crippen LogP contribution in [-0.2, 0) is 6.42 Å². The molecule has 0 spiro atoms. The quantitative estimate of drug-likeness (QED) is 0.775. The Balaban J connectivity index is 2.39. The molecule has 5 heteroatoms. The van der Waals surface area contributed by atoms with Gasteiger partial charge in [-0.15, -0.1) is 0 Å². The average molecular weight is 242 g/mol. The summed E-state index contributed by atoms with van der Waals surface area (Å²) < 4.78 is 5.30. The standard InChI is InChI=1S/C13H20B2N2O/c1-17(2)13(14,15)7-9-8-16-12-5-4-10(18-3)6-11(9)12/h4-6,8,16H,7,14-15H2,1-3H3. The van der Waals surface area contributed by atoms with E-state index in [2.05, 4.69) is 58.0 Å². The second-order valence-corrected chi connectivity index (χ2v) is 5.61. The summed E-state index contributed by atoms with van der Waals surface area (Å²) >= 11 is 0. The van der Waals surface area contributed by atoms with Crippen LogP contribution >= 0.6 is 0 Å². The zero-order valence-electron chi connectivity index (χ0n) is 11.9. The summed E-state index contributed by atoms with van der Waals surface area (Å²) in [6.45, 7) is 0. The Hall–Kier alpha value is -1.35. The van der Waals surface area contributed by atoms with E-state index in [-0.39, 0.29) is 5.34 Å². The van der Waals surface area contributed by atoms with Crippen LogP contribution in [-0.4, -0.2) is 52.1 Å². The van der Waals surface area contributed by atoms with Crippen LogP contribution in [0.4, 0.5) is 0 Å². The summed E-state index contributed by atoms with van der Waals surface area (Å²) in [5.74, 6) is 0.908. The van der Waals surface area contributed by atoms with Crippen LogP contribution < -0.4 is 4.74 Å². The highest BCUT2D eigenvalue weighted by Crippen LogP contribution is 2.26. The zero-order chi connectivity index (χ0) is 13.3. The molecule has 0 saturated heterocycles. The second-order valence-electron chi connectivity index (χ2n) is 5.61. The first-order valence-corrected chi connectivity index (χ1v) is 6.25. The van der Waals surface area contributed by atoms with Gasteiger partial charge in [0.1, 0.15) is 21.4 Å². The topological polar surface area (TPSA) is 28.3 Å². The van der Waals surface area contributed by atoms with E-state index in [1.54, 1.807) is 7.11 Å². The van der Waals surface area contributed by atoms with Crippen molar-refractivity contribution in [3.8, 4) is 5.75 Å². The van der Waals surface area contributed by atoms with Crippen molar-refractivity contribution in [1.29, 1.82) is 0 Å². The maximum atomic E-state index is 5.30. The van der Waals surface area contributed by atoms with Gasteiger partial charge in [-0.2, -0.15) is 0 Å². The molecule has 0 aliphatic rings. The minimum absolute atomic E-state index is 0.137. The SMILES string of the molecule is BC(B)(Cc1c[nH]c2ccc(OC)cc12)N(C)C. The van der Waals surface area contributed by atoms with E-state index in [4.69, 9.17) is 4.74 Å². The monoisotopic (exact) mass is 242 g/mol. The fourth-order valence-corrected chi connectivity index (χ4v) is 2.05. The molecule has 0 unspecified atom stereocenters. The number of rotatable bonds is 4. The number of aromatic nitrogens is 1. The highest BCUT2D eigenvalue weighted by Gasteiger charge is 2.22. The van der Waals surface area contributed by atoms with Crippen LogP contribution in [0.2, 0.25) is 0 Å². The number of fused-ring (bicyclic) bond motifs is 1. The molecule has 0 fully saturated rings. The van der Waals surface area contributed by atoms with Crippen molar-refractivity contribution >= 4 is 26.6 Å². The smallest absolute Gasteiger partial charge is 0.119 e. The van der Waals surface area contributed by atoms with E-state index >= 15 is 0 Å². The zero-order valence-corrected chi connectivity index (χ0v) is 11.9. The Morgan fingerprint density at radius 2 is 2.06 bits per heavy atom. The van der Waals surface area contributed by atoms with Crippen molar-refractivity contribution in [2.45, 2.75) is 11.8 Å². The Morgan fingerprint density at radius 3 is 2.67 bits per heavy atom. The van der Waals surface area contributed by atoms with Gasteiger partial charge in [0.25, 0.3) is 0 Å². The number of methoxy groups -OCH3 is 1. The molecule has 1 aromatic carbocycles. The second kappa shape index (κ2) is 4.73. The molecule has 2 rings (SSSR count). The van der Waals surface area contributed by atoms with Crippen molar-refractivity contribution in [1.82, 2.24) is 9.88 Å². The van der Waals surface area contributed by atoms with E-state index in [0.29, 0.717) is 0 Å². The van der Waals surface area contributed by atoms with Crippen molar-refractivity contribution < 1.29 is 4.74 Å². The number of nitrogens with zero attached hydrogens (tertiary/aromatic N) is 1. The maximum absolute atomic E-state index is 5.30. The number of likely N-dealkylation sites (N-methyl/N-ethyl adjacent to an activating group) is 1. The lowest BCUT2D eigenvalue weighted by atomic mass is 9.58. The first-order chi connectivity index (χ1) is 8.44. The lowest BCUT2D eigenvalue weighted by molar-refractivity contribution is 0.334. The van der Waals surface area contributed by atoms with Gasteiger partial charge in [-0.05, 0) is 49.6 Å². The molecule has 0 amide bonds. The number of aromatic amines is 1. The predicted octanol–water partition coefficient (Wildman–Crippen LogP) is 0.201. The predicted molar refractivity (Wildman–Crippen MR) is 82.1 cm³/mol. The third kappa shape index (κ3) is 2.41. The Bertz CT molecular complexity index is 549. The van der Waals surface area contributed by atoms with E-state index in [1.807, 2.05) is 6.07 Å². The van der Waals surface area contributed by atoms with Crippen LogP contribution in [0.15, 0.2) is 24.4 Å². The van der Waals surface area contributed by atoms with Gasteiger partial charge < -0.3 is 14.6 Å². The number of H-pyrrole nitrogens is 1. The molecule has 18 heavy (non-hydrogen) atoms. The van der Waals surface area contributed by atoms with Crippen molar-refractivity contribution in [3.05, 3.63) is 30.0 Å². The van der Waals surface area contributed by atoms with Gasteiger partial charge in [0.15, 0.2) is 0 Å². The molecule has 0 bridgehead atoms. The third-order valence-electron chi connectivity index (χ3n) is 3.81. The number of hydrogen-bond acceptors (Lipinski definition) is 2. The van der Waals surface area contributed by atoms with Crippen molar-refractivity contribution in [2.24, 2.45) is 0 Å². The summed E-state index contributed by atoms with van der Waals surface area (Å²) in [4.78, 5) is 5.58. The maximum Gasteiger partial charge on any atom is 0.119 e. The van der Waals surface area contributed by atoms with E-state index in [0.717, 1.165) is 12.2 Å². The van der Waals surface area contributed by atoms with Gasteiger partial charge in [0.05, 0.1) is 7.11 Å². The van der Waals surface area contributed by atoms with Gasteiger partial charge >= 0.3 is 0 Å². The number of hydrogen-bond donors (Lipinski definition) is 1. The third-order valence-corrected chi connectivity index (χ3v) is 3.81. The highest BCUT2D eigenvalue weighted by atomic mass is 16.5. The van der Waals surface area contributed by atoms with Crippen LogP contribution in [0.25, 0.3) is 10.9 Å². The van der Waals surface area contributed by atoms with Crippen molar-refractivity contribution in [2.75, 3.05) is 21.2 Å². The fourth-order valence-electron chi connectivity index (χ4n) is 2.05. The largest absolute Gasteiger partial charge is 0.497 e. The van der Waals surface area contributed by atoms with Gasteiger partial charge in [0.2, 0.25) is 0 Å². The fraction of sp³-hybridized carbons (Fsp3) is 0.385. The lowest BCUT2D eigenvalue weighted by Gasteiger charge is -2.32. The minimum atomic E-state index is 0.137. The van der Waals surface area contributed by atoms with Crippen molar-refractivity contribution in [3.63, 3.8) is 0 Å². The summed E-state index contributed by atoms with van der Waals surface area (Å²) in [5, 5.41) is 1.39. The molecular formula is C13H20B2N2O. The average Bonchev–Trinajstić information content (AvgIpc) is 2.71. The summed E-state index contributed by atoms with van der Waals surface area (Å²) in [5.41, 5.74) is 2.50. The molecule has 0 saturated carbocycles.